The monoisotopic (exact) mass is 394 g/mol. The van der Waals surface area contributed by atoms with E-state index in [1.54, 1.807) is 0 Å². The van der Waals surface area contributed by atoms with Gasteiger partial charge in [-0.3, -0.25) is 4.90 Å². The number of benzene rings is 1. The minimum Gasteiger partial charge on any atom is -0.381 e. The molecule has 29 heavy (non-hydrogen) atoms. The van der Waals surface area contributed by atoms with Crippen molar-refractivity contribution >= 4 is 10.9 Å². The number of aryl methyl sites for hydroxylation is 1. The molecule has 6 heteroatoms. The molecule has 6 nitrogen and oxygen atoms in total. The molecule has 2 fully saturated rings. The van der Waals surface area contributed by atoms with Crippen LogP contribution in [0.2, 0.25) is 0 Å². The molecule has 4 heterocycles. The van der Waals surface area contributed by atoms with E-state index in [1.165, 1.54) is 42.4 Å². The topological polar surface area (TPSA) is 67.2 Å². The van der Waals surface area contributed by atoms with Gasteiger partial charge in [0.25, 0.3) is 0 Å². The summed E-state index contributed by atoms with van der Waals surface area (Å²) in [6.45, 7) is 5.01. The van der Waals surface area contributed by atoms with E-state index < -0.39 is 0 Å². The number of likely N-dealkylation sites (tertiary alicyclic amines) is 1. The lowest BCUT2D eigenvalue weighted by molar-refractivity contribution is 0.0778. The highest BCUT2D eigenvalue weighted by atomic mass is 16.5. The van der Waals surface area contributed by atoms with Gasteiger partial charge in [-0.15, -0.1) is 0 Å². The summed E-state index contributed by atoms with van der Waals surface area (Å²) < 4.78 is 10.9. The van der Waals surface area contributed by atoms with Crippen LogP contribution in [0, 0.1) is 5.92 Å². The Balaban J connectivity index is 1.07. The van der Waals surface area contributed by atoms with Gasteiger partial charge >= 0.3 is 0 Å². The number of aromatic amines is 1. The van der Waals surface area contributed by atoms with Crippen LogP contribution in [-0.4, -0.2) is 46.3 Å². The molecular weight excluding hydrogens is 364 g/mol. The molecule has 2 aliphatic heterocycles. The molecule has 0 spiro atoms. The first-order valence-corrected chi connectivity index (χ1v) is 11.0. The average molecular weight is 395 g/mol. The molecule has 0 saturated carbocycles. The molecule has 0 amide bonds. The second-order valence-corrected chi connectivity index (χ2v) is 8.59. The van der Waals surface area contributed by atoms with Crippen molar-refractivity contribution in [1.29, 1.82) is 0 Å². The van der Waals surface area contributed by atoms with Crippen LogP contribution in [0.4, 0.5) is 0 Å². The number of ether oxygens (including phenoxy) is 1. The van der Waals surface area contributed by atoms with E-state index in [0.29, 0.717) is 5.92 Å². The second-order valence-electron chi connectivity index (χ2n) is 8.59. The van der Waals surface area contributed by atoms with Crippen molar-refractivity contribution in [2.75, 3.05) is 26.3 Å². The first-order valence-electron chi connectivity index (χ1n) is 11.0. The SMILES string of the molecule is c1cc2cc(CN3CCC(CCc4noc(C5CCOCC5)n4)CC3)ccc2[nH]1. The molecule has 5 rings (SSSR count). The number of piperidine rings is 1. The van der Waals surface area contributed by atoms with Crippen LogP contribution in [0.5, 0.6) is 0 Å². The van der Waals surface area contributed by atoms with E-state index in [2.05, 4.69) is 44.3 Å². The molecule has 2 aromatic heterocycles. The van der Waals surface area contributed by atoms with Crippen molar-refractivity contribution in [3.05, 3.63) is 47.7 Å². The van der Waals surface area contributed by atoms with Crippen LogP contribution in [-0.2, 0) is 17.7 Å². The van der Waals surface area contributed by atoms with Crippen molar-refractivity contribution in [3.8, 4) is 0 Å². The summed E-state index contributed by atoms with van der Waals surface area (Å²) in [5.74, 6) is 2.85. The Labute approximate surface area is 171 Å². The van der Waals surface area contributed by atoms with E-state index in [-0.39, 0.29) is 0 Å². The molecule has 1 N–H and O–H groups in total. The predicted octanol–water partition coefficient (Wildman–Crippen LogP) is 4.29. The zero-order valence-electron chi connectivity index (χ0n) is 17.0. The van der Waals surface area contributed by atoms with E-state index >= 15 is 0 Å². The van der Waals surface area contributed by atoms with Gasteiger partial charge in [0.05, 0.1) is 0 Å². The maximum Gasteiger partial charge on any atom is 0.229 e. The van der Waals surface area contributed by atoms with Crippen LogP contribution < -0.4 is 0 Å². The Hall–Kier alpha value is -2.18. The molecule has 154 valence electrons. The van der Waals surface area contributed by atoms with Gasteiger partial charge < -0.3 is 14.2 Å². The fraction of sp³-hybridized carbons (Fsp3) is 0.565. The summed E-state index contributed by atoms with van der Waals surface area (Å²) in [6.07, 6.45) is 8.62. The van der Waals surface area contributed by atoms with E-state index in [9.17, 15) is 0 Å². The Kier molecular flexibility index (Phi) is 5.63. The highest BCUT2D eigenvalue weighted by Gasteiger charge is 2.23. The normalized spacial score (nSPS) is 19.9. The Morgan fingerprint density at radius 2 is 1.93 bits per heavy atom. The van der Waals surface area contributed by atoms with Gasteiger partial charge in [0.1, 0.15) is 0 Å². The van der Waals surface area contributed by atoms with Gasteiger partial charge in [-0.2, -0.15) is 4.98 Å². The number of fused-ring (bicyclic) bond motifs is 1. The van der Waals surface area contributed by atoms with Gasteiger partial charge in [-0.1, -0.05) is 11.2 Å². The van der Waals surface area contributed by atoms with Gasteiger partial charge in [0, 0.05) is 43.8 Å². The lowest BCUT2D eigenvalue weighted by Gasteiger charge is -2.31. The second kappa shape index (κ2) is 8.67. The zero-order valence-corrected chi connectivity index (χ0v) is 17.0. The maximum atomic E-state index is 5.52. The van der Waals surface area contributed by atoms with E-state index in [4.69, 9.17) is 9.26 Å². The average Bonchev–Trinajstić information content (AvgIpc) is 3.43. The maximum absolute atomic E-state index is 5.52. The molecular formula is C23H30N4O2. The summed E-state index contributed by atoms with van der Waals surface area (Å²) in [5.41, 5.74) is 2.62. The molecule has 0 unspecified atom stereocenters. The van der Waals surface area contributed by atoms with Gasteiger partial charge in [0.15, 0.2) is 5.82 Å². The van der Waals surface area contributed by atoms with Crippen molar-refractivity contribution in [2.24, 2.45) is 5.92 Å². The number of hydrogen-bond acceptors (Lipinski definition) is 5. The summed E-state index contributed by atoms with van der Waals surface area (Å²) >= 11 is 0. The highest BCUT2D eigenvalue weighted by Crippen LogP contribution is 2.27. The molecule has 0 aliphatic carbocycles. The summed E-state index contributed by atoms with van der Waals surface area (Å²) in [4.78, 5) is 10.5. The largest absolute Gasteiger partial charge is 0.381 e. The molecule has 0 radical (unpaired) electrons. The number of nitrogens with zero attached hydrogens (tertiary/aromatic N) is 3. The quantitative estimate of drug-likeness (QED) is 0.675. The third-order valence-corrected chi connectivity index (χ3v) is 6.56. The molecule has 0 bridgehead atoms. The van der Waals surface area contributed by atoms with Crippen molar-refractivity contribution in [2.45, 2.75) is 51.0 Å². The predicted molar refractivity (Wildman–Crippen MR) is 112 cm³/mol. The standard InChI is InChI=1S/C23H30N4O2/c1-3-21-20(5-10-24-21)15-18(1)16-27-11-6-17(7-12-27)2-4-22-25-23(29-26-22)19-8-13-28-14-9-19/h1,3,5,10,15,17,19,24H,2,4,6-9,11-14,16H2. The first kappa shape index (κ1) is 18.8. The fourth-order valence-corrected chi connectivity index (χ4v) is 4.71. The molecule has 0 atom stereocenters. The smallest absolute Gasteiger partial charge is 0.229 e. The number of hydrogen-bond donors (Lipinski definition) is 1. The molecule has 2 aliphatic rings. The third-order valence-electron chi connectivity index (χ3n) is 6.56. The van der Waals surface area contributed by atoms with Crippen molar-refractivity contribution in [3.63, 3.8) is 0 Å². The first-order chi connectivity index (χ1) is 14.3. The number of rotatable bonds is 6. The van der Waals surface area contributed by atoms with Crippen LogP contribution in [0.1, 0.15) is 55.3 Å². The number of aromatic nitrogens is 3. The Morgan fingerprint density at radius 3 is 2.79 bits per heavy atom. The summed E-state index contributed by atoms with van der Waals surface area (Å²) in [7, 11) is 0. The minimum atomic E-state index is 0.388. The number of nitrogens with one attached hydrogen (secondary N) is 1. The molecule has 1 aromatic carbocycles. The van der Waals surface area contributed by atoms with Gasteiger partial charge in [0.2, 0.25) is 5.89 Å². The van der Waals surface area contributed by atoms with Crippen LogP contribution in [0.25, 0.3) is 10.9 Å². The lowest BCUT2D eigenvalue weighted by atomic mass is 9.92. The van der Waals surface area contributed by atoms with Gasteiger partial charge in [-0.05, 0) is 80.3 Å². The Bertz CT molecular complexity index is 920. The lowest BCUT2D eigenvalue weighted by Crippen LogP contribution is -2.33. The van der Waals surface area contributed by atoms with E-state index in [0.717, 1.165) is 63.1 Å². The Morgan fingerprint density at radius 1 is 1.07 bits per heavy atom. The number of H-pyrrole nitrogens is 1. The van der Waals surface area contributed by atoms with E-state index in [1.807, 2.05) is 6.20 Å². The minimum absolute atomic E-state index is 0.388. The fourth-order valence-electron chi connectivity index (χ4n) is 4.71. The van der Waals surface area contributed by atoms with Gasteiger partial charge in [-0.25, -0.2) is 0 Å². The molecule has 3 aromatic rings. The van der Waals surface area contributed by atoms with Crippen molar-refractivity contribution in [1.82, 2.24) is 20.0 Å². The van der Waals surface area contributed by atoms with Crippen LogP contribution in [0.3, 0.4) is 0 Å². The molecule has 2 saturated heterocycles. The summed E-state index contributed by atoms with van der Waals surface area (Å²) in [5, 5.41) is 5.53. The third kappa shape index (κ3) is 4.54. The highest BCUT2D eigenvalue weighted by molar-refractivity contribution is 5.79. The van der Waals surface area contributed by atoms with Crippen molar-refractivity contribution < 1.29 is 9.26 Å². The van der Waals surface area contributed by atoms with Crippen LogP contribution in [0.15, 0.2) is 35.0 Å². The summed E-state index contributed by atoms with van der Waals surface area (Å²) in [6, 6.07) is 8.90. The van der Waals surface area contributed by atoms with Crippen LogP contribution >= 0.6 is 0 Å². The zero-order chi connectivity index (χ0) is 19.5.